The van der Waals surface area contributed by atoms with Crippen LogP contribution in [0.25, 0.3) is 16.7 Å². The second-order valence-corrected chi connectivity index (χ2v) is 8.22. The standard InChI is InChI=1S/C28H36/c1-12-14-24-21(9)26(16(3)4)23(11)27(22(24)10)28-20(8)18(6)17(5)19(7)25(28)15-13-2/h12-13H,1-3,14-15H2,4-11H3. The van der Waals surface area contributed by atoms with E-state index in [9.17, 15) is 0 Å². The van der Waals surface area contributed by atoms with E-state index in [0.29, 0.717) is 0 Å². The zero-order chi connectivity index (χ0) is 21.3. The van der Waals surface area contributed by atoms with Crippen molar-refractivity contribution >= 4 is 5.57 Å². The summed E-state index contributed by atoms with van der Waals surface area (Å²) in [5.41, 5.74) is 17.6. The van der Waals surface area contributed by atoms with Gasteiger partial charge in [0.15, 0.2) is 0 Å². The summed E-state index contributed by atoms with van der Waals surface area (Å²) in [6.07, 6.45) is 5.81. The van der Waals surface area contributed by atoms with Crippen molar-refractivity contribution < 1.29 is 0 Å². The van der Waals surface area contributed by atoms with E-state index in [1.165, 1.54) is 66.8 Å². The average Bonchev–Trinajstić information content (AvgIpc) is 2.63. The Morgan fingerprint density at radius 3 is 1.61 bits per heavy atom. The third kappa shape index (κ3) is 3.41. The van der Waals surface area contributed by atoms with Crippen molar-refractivity contribution in [2.75, 3.05) is 0 Å². The predicted molar refractivity (Wildman–Crippen MR) is 128 cm³/mol. The predicted octanol–water partition coefficient (Wildman–Crippen LogP) is 8.00. The molecule has 2 aromatic rings. The van der Waals surface area contributed by atoms with Gasteiger partial charge in [-0.25, -0.2) is 0 Å². The van der Waals surface area contributed by atoms with Crippen LogP contribution >= 0.6 is 0 Å². The highest BCUT2D eigenvalue weighted by Gasteiger charge is 2.23. The molecular weight excluding hydrogens is 336 g/mol. The molecule has 0 heterocycles. The minimum atomic E-state index is 0.880. The first-order chi connectivity index (χ1) is 13.1. The molecule has 0 saturated carbocycles. The zero-order valence-electron chi connectivity index (χ0n) is 19.2. The van der Waals surface area contributed by atoms with Gasteiger partial charge >= 0.3 is 0 Å². The van der Waals surface area contributed by atoms with Crippen LogP contribution in [0.5, 0.6) is 0 Å². The summed E-state index contributed by atoms with van der Waals surface area (Å²) >= 11 is 0. The number of allylic oxidation sites excluding steroid dienone is 3. The van der Waals surface area contributed by atoms with Crippen LogP contribution in [0.4, 0.5) is 0 Å². The lowest BCUT2D eigenvalue weighted by molar-refractivity contribution is 1.11. The molecule has 0 unspecified atom stereocenters. The van der Waals surface area contributed by atoms with Gasteiger partial charge in [0.2, 0.25) is 0 Å². The molecule has 28 heavy (non-hydrogen) atoms. The van der Waals surface area contributed by atoms with Gasteiger partial charge in [0.05, 0.1) is 0 Å². The van der Waals surface area contributed by atoms with Crippen LogP contribution in [0.2, 0.25) is 0 Å². The van der Waals surface area contributed by atoms with Crippen molar-refractivity contribution in [3.63, 3.8) is 0 Å². The highest BCUT2D eigenvalue weighted by atomic mass is 14.3. The molecule has 0 N–H and O–H groups in total. The Bertz CT molecular complexity index is 981. The Labute approximate surface area is 172 Å². The van der Waals surface area contributed by atoms with Gasteiger partial charge in [-0.15, -0.1) is 13.2 Å². The third-order valence-electron chi connectivity index (χ3n) is 6.60. The van der Waals surface area contributed by atoms with Crippen molar-refractivity contribution in [1.29, 1.82) is 0 Å². The first kappa shape index (κ1) is 22.0. The van der Waals surface area contributed by atoms with E-state index >= 15 is 0 Å². The van der Waals surface area contributed by atoms with Crippen LogP contribution in [-0.4, -0.2) is 0 Å². The smallest absolute Gasteiger partial charge is 0.00911 e. The third-order valence-corrected chi connectivity index (χ3v) is 6.60. The van der Waals surface area contributed by atoms with E-state index in [-0.39, 0.29) is 0 Å². The van der Waals surface area contributed by atoms with Crippen molar-refractivity contribution in [1.82, 2.24) is 0 Å². The highest BCUT2D eigenvalue weighted by molar-refractivity contribution is 5.86. The van der Waals surface area contributed by atoms with Gasteiger partial charge in [0, 0.05) is 0 Å². The topological polar surface area (TPSA) is 0 Å². The molecule has 0 radical (unpaired) electrons. The van der Waals surface area contributed by atoms with E-state index in [4.69, 9.17) is 0 Å². The van der Waals surface area contributed by atoms with Crippen molar-refractivity contribution in [2.45, 2.75) is 68.2 Å². The summed E-state index contributed by atoms with van der Waals surface area (Å²) in [5.74, 6) is 0. The van der Waals surface area contributed by atoms with Gasteiger partial charge in [-0.1, -0.05) is 24.3 Å². The molecule has 0 aliphatic carbocycles. The number of hydrogen-bond acceptors (Lipinski definition) is 0. The minimum absolute atomic E-state index is 0.880. The lowest BCUT2D eigenvalue weighted by Gasteiger charge is -2.27. The molecule has 0 heteroatoms. The molecule has 0 aliphatic heterocycles. The molecule has 0 nitrogen and oxygen atoms in total. The van der Waals surface area contributed by atoms with Gasteiger partial charge in [-0.2, -0.15) is 0 Å². The van der Waals surface area contributed by atoms with E-state index in [1.807, 2.05) is 12.2 Å². The summed E-state index contributed by atoms with van der Waals surface area (Å²) in [7, 11) is 0. The molecule has 148 valence electrons. The second-order valence-electron chi connectivity index (χ2n) is 8.22. The fourth-order valence-corrected chi connectivity index (χ4v) is 4.86. The maximum absolute atomic E-state index is 4.30. The summed E-state index contributed by atoms with van der Waals surface area (Å²) in [5, 5.41) is 0. The number of benzene rings is 2. The summed E-state index contributed by atoms with van der Waals surface area (Å²) in [6, 6.07) is 0. The number of rotatable bonds is 6. The summed E-state index contributed by atoms with van der Waals surface area (Å²) < 4.78 is 0. The van der Waals surface area contributed by atoms with Crippen LogP contribution in [0.3, 0.4) is 0 Å². The minimum Gasteiger partial charge on any atom is -0.103 e. The molecule has 0 saturated heterocycles. The maximum Gasteiger partial charge on any atom is -0.00911 e. The Morgan fingerprint density at radius 1 is 0.607 bits per heavy atom. The molecule has 0 spiro atoms. The molecule has 2 aromatic carbocycles. The first-order valence-electron chi connectivity index (χ1n) is 10.2. The SMILES string of the molecule is C=CCc1c(C)c(C(=C)C)c(C)c(-c2c(C)c(C)c(C)c(C)c2CC=C)c1C. The lowest BCUT2D eigenvalue weighted by atomic mass is 9.77. The first-order valence-corrected chi connectivity index (χ1v) is 10.2. The largest absolute Gasteiger partial charge is 0.103 e. The molecule has 0 aliphatic rings. The molecule has 2 rings (SSSR count). The summed E-state index contributed by atoms with van der Waals surface area (Å²) in [6.45, 7) is 30.3. The zero-order valence-corrected chi connectivity index (χ0v) is 19.2. The lowest BCUT2D eigenvalue weighted by Crippen LogP contribution is -2.08. The van der Waals surface area contributed by atoms with E-state index in [2.05, 4.69) is 75.1 Å². The van der Waals surface area contributed by atoms with Gasteiger partial charge in [-0.05, 0) is 135 Å². The Kier molecular flexibility index (Phi) is 6.55. The molecule has 0 amide bonds. The Hall–Kier alpha value is -2.34. The van der Waals surface area contributed by atoms with Crippen LogP contribution in [-0.2, 0) is 12.8 Å². The quantitative estimate of drug-likeness (QED) is 0.450. The molecule has 0 atom stereocenters. The van der Waals surface area contributed by atoms with Crippen LogP contribution in [0, 0.1) is 48.5 Å². The Balaban J connectivity index is 3.14. The van der Waals surface area contributed by atoms with Gasteiger partial charge < -0.3 is 0 Å². The van der Waals surface area contributed by atoms with Gasteiger partial charge in [-0.3, -0.25) is 0 Å². The molecular formula is C28H36. The maximum atomic E-state index is 4.30. The van der Waals surface area contributed by atoms with Crippen LogP contribution in [0.1, 0.15) is 62.6 Å². The van der Waals surface area contributed by atoms with Gasteiger partial charge in [0.25, 0.3) is 0 Å². The highest BCUT2D eigenvalue weighted by Crippen LogP contribution is 2.43. The molecule has 0 fully saturated rings. The fourth-order valence-electron chi connectivity index (χ4n) is 4.86. The van der Waals surface area contributed by atoms with Crippen molar-refractivity contribution in [3.8, 4) is 11.1 Å². The van der Waals surface area contributed by atoms with Crippen LogP contribution < -0.4 is 0 Å². The average molecular weight is 373 g/mol. The van der Waals surface area contributed by atoms with E-state index in [1.54, 1.807) is 0 Å². The van der Waals surface area contributed by atoms with Gasteiger partial charge in [0.1, 0.15) is 0 Å². The summed E-state index contributed by atoms with van der Waals surface area (Å²) in [4.78, 5) is 0. The normalized spacial score (nSPS) is 10.9. The van der Waals surface area contributed by atoms with Crippen molar-refractivity contribution in [2.24, 2.45) is 0 Å². The van der Waals surface area contributed by atoms with E-state index in [0.717, 1.165) is 18.4 Å². The van der Waals surface area contributed by atoms with Crippen LogP contribution in [0.15, 0.2) is 31.9 Å². The fraction of sp³-hybridized carbons (Fsp3) is 0.357. The Morgan fingerprint density at radius 2 is 1.11 bits per heavy atom. The second kappa shape index (κ2) is 8.35. The van der Waals surface area contributed by atoms with Crippen molar-refractivity contribution in [3.05, 3.63) is 87.5 Å². The molecule has 0 aromatic heterocycles. The van der Waals surface area contributed by atoms with E-state index < -0.39 is 0 Å². The monoisotopic (exact) mass is 372 g/mol. The number of hydrogen-bond donors (Lipinski definition) is 0. The molecule has 0 bridgehead atoms.